The van der Waals surface area contributed by atoms with Crippen LogP contribution in [0, 0.1) is 6.92 Å². The summed E-state index contributed by atoms with van der Waals surface area (Å²) in [6, 6.07) is 50.1. The Morgan fingerprint density at radius 3 is 1.42 bits per heavy atom. The van der Waals surface area contributed by atoms with Crippen molar-refractivity contribution in [1.29, 1.82) is 0 Å². The maximum atomic E-state index is 2.46. The molecule has 2 aliphatic carbocycles. The summed E-state index contributed by atoms with van der Waals surface area (Å²) in [4.78, 5) is 7.77. The summed E-state index contributed by atoms with van der Waals surface area (Å²) in [6.45, 7) is 11.6. The highest BCUT2D eigenvalue weighted by Crippen LogP contribution is 2.53. The van der Waals surface area contributed by atoms with Crippen molar-refractivity contribution in [3.63, 3.8) is 0 Å². The minimum absolute atomic E-state index is 0.0724. The predicted octanol–water partition coefficient (Wildman–Crippen LogP) is 13.5. The Balaban J connectivity index is 1.16. The van der Waals surface area contributed by atoms with Crippen molar-refractivity contribution in [1.82, 2.24) is 0 Å². The van der Waals surface area contributed by atoms with E-state index in [9.17, 15) is 0 Å². The van der Waals surface area contributed by atoms with E-state index >= 15 is 0 Å². The highest BCUT2D eigenvalue weighted by Gasteiger charge is 2.37. The normalized spacial score (nSPS) is 14.7. The van der Waals surface area contributed by atoms with Gasteiger partial charge in [0.05, 0.1) is 0 Å². The molecular weight excluding hydrogens is 619 g/mol. The molecule has 0 amide bonds. The first kappa shape index (κ1) is 29.4. The van der Waals surface area contributed by atoms with Gasteiger partial charge < -0.3 is 4.90 Å². The Morgan fingerprint density at radius 2 is 0.875 bits per heavy atom. The van der Waals surface area contributed by atoms with E-state index in [1.165, 1.54) is 81.0 Å². The van der Waals surface area contributed by atoms with E-state index in [4.69, 9.17) is 0 Å². The zero-order valence-electron chi connectivity index (χ0n) is 28.0. The van der Waals surface area contributed by atoms with Crippen LogP contribution in [0.3, 0.4) is 0 Å². The van der Waals surface area contributed by atoms with Crippen LogP contribution in [0.15, 0.2) is 133 Å². The summed E-state index contributed by atoms with van der Waals surface area (Å²) in [6.07, 6.45) is 0. The minimum Gasteiger partial charge on any atom is -0.310 e. The highest BCUT2D eigenvalue weighted by atomic mass is 32.1. The van der Waals surface area contributed by atoms with E-state index in [2.05, 4.69) is 173 Å². The standard InChI is InChI=1S/C45H37NS2/c1-28-14-23-42(47-28)43-25-24-41(48-43)29-15-17-30(18-16-29)46(31-19-21-35-33-10-6-8-12-37(33)44(2,3)39(35)26-31)32-20-22-36-34-11-7-9-13-38(34)45(4,5)40(36)27-32/h6-27H,1-5H3. The van der Waals surface area contributed by atoms with Crippen LogP contribution in [-0.2, 0) is 10.8 Å². The van der Waals surface area contributed by atoms with Gasteiger partial charge in [0.15, 0.2) is 0 Å². The molecule has 2 aromatic heterocycles. The van der Waals surface area contributed by atoms with Crippen molar-refractivity contribution in [2.24, 2.45) is 0 Å². The highest BCUT2D eigenvalue weighted by molar-refractivity contribution is 7.23. The van der Waals surface area contributed by atoms with Gasteiger partial charge in [-0.2, -0.15) is 0 Å². The number of hydrogen-bond acceptors (Lipinski definition) is 3. The van der Waals surface area contributed by atoms with E-state index in [1.807, 2.05) is 22.7 Å². The number of anilines is 3. The van der Waals surface area contributed by atoms with Gasteiger partial charge in [-0.25, -0.2) is 0 Å². The van der Waals surface area contributed by atoms with Crippen molar-refractivity contribution in [2.45, 2.75) is 45.4 Å². The summed E-state index contributed by atoms with van der Waals surface area (Å²) < 4.78 is 0. The Bertz CT molecular complexity index is 2260. The largest absolute Gasteiger partial charge is 0.310 e. The van der Waals surface area contributed by atoms with Gasteiger partial charge in [0.2, 0.25) is 0 Å². The van der Waals surface area contributed by atoms with Crippen molar-refractivity contribution >= 4 is 39.7 Å². The minimum atomic E-state index is -0.0724. The predicted molar refractivity (Wildman–Crippen MR) is 208 cm³/mol. The average Bonchev–Trinajstić information content (AvgIpc) is 3.86. The Morgan fingerprint density at radius 1 is 0.417 bits per heavy atom. The summed E-state index contributed by atoms with van der Waals surface area (Å²) in [5.74, 6) is 0. The second-order valence-corrected chi connectivity index (χ2v) is 16.6. The number of thiophene rings is 2. The number of hydrogen-bond donors (Lipinski definition) is 0. The SMILES string of the molecule is Cc1ccc(-c2ccc(-c3ccc(N(c4ccc5c(c4)C(C)(C)c4ccccc4-5)c4ccc5c(c4)C(C)(C)c4ccccc4-5)cc3)s2)s1. The molecule has 2 aliphatic rings. The molecule has 0 bridgehead atoms. The van der Waals surface area contributed by atoms with Gasteiger partial charge in [0.1, 0.15) is 0 Å². The second-order valence-electron chi connectivity index (χ2n) is 14.3. The van der Waals surface area contributed by atoms with E-state index in [1.54, 1.807) is 0 Å². The van der Waals surface area contributed by atoms with Crippen molar-refractivity contribution in [3.8, 4) is 42.4 Å². The molecule has 2 heterocycles. The summed E-state index contributed by atoms with van der Waals surface area (Å²) in [5, 5.41) is 0. The third-order valence-electron chi connectivity index (χ3n) is 10.6. The molecule has 0 unspecified atom stereocenters. The molecule has 48 heavy (non-hydrogen) atoms. The maximum absolute atomic E-state index is 2.46. The molecule has 0 radical (unpaired) electrons. The molecule has 9 rings (SSSR count). The summed E-state index contributed by atoms with van der Waals surface area (Å²) in [5.41, 5.74) is 15.6. The van der Waals surface area contributed by atoms with Crippen LogP contribution in [0.2, 0.25) is 0 Å². The molecule has 0 atom stereocenters. The maximum Gasteiger partial charge on any atom is 0.0465 e. The van der Waals surface area contributed by atoms with Gasteiger partial charge in [0.25, 0.3) is 0 Å². The monoisotopic (exact) mass is 655 g/mol. The Labute approximate surface area is 291 Å². The summed E-state index contributed by atoms with van der Waals surface area (Å²) in [7, 11) is 0. The Kier molecular flexibility index (Phi) is 6.53. The lowest BCUT2D eigenvalue weighted by atomic mass is 9.82. The topological polar surface area (TPSA) is 3.24 Å². The van der Waals surface area contributed by atoms with Crippen LogP contribution in [-0.4, -0.2) is 0 Å². The van der Waals surface area contributed by atoms with Crippen LogP contribution >= 0.6 is 22.7 Å². The molecular formula is C45H37NS2. The fraction of sp³-hybridized carbons (Fsp3) is 0.156. The smallest absolute Gasteiger partial charge is 0.0465 e. The number of nitrogens with zero attached hydrogens (tertiary/aromatic N) is 1. The number of fused-ring (bicyclic) bond motifs is 6. The van der Waals surface area contributed by atoms with E-state index < -0.39 is 0 Å². The van der Waals surface area contributed by atoms with Crippen molar-refractivity contribution in [3.05, 3.63) is 161 Å². The first-order chi connectivity index (χ1) is 23.2. The van der Waals surface area contributed by atoms with Gasteiger partial charge in [-0.05, 0) is 118 Å². The van der Waals surface area contributed by atoms with Gasteiger partial charge in [-0.3, -0.25) is 0 Å². The quantitative estimate of drug-likeness (QED) is 0.178. The van der Waals surface area contributed by atoms with Crippen LogP contribution in [0.4, 0.5) is 17.1 Å². The fourth-order valence-electron chi connectivity index (χ4n) is 8.08. The molecule has 0 aliphatic heterocycles. The molecule has 0 fully saturated rings. The average molecular weight is 656 g/mol. The lowest BCUT2D eigenvalue weighted by Crippen LogP contribution is -2.18. The van der Waals surface area contributed by atoms with Crippen LogP contribution in [0.5, 0.6) is 0 Å². The molecule has 0 saturated heterocycles. The van der Waals surface area contributed by atoms with Gasteiger partial charge in [-0.15, -0.1) is 22.7 Å². The van der Waals surface area contributed by atoms with Crippen molar-refractivity contribution in [2.75, 3.05) is 4.90 Å². The summed E-state index contributed by atoms with van der Waals surface area (Å²) >= 11 is 3.73. The molecule has 0 saturated carbocycles. The van der Waals surface area contributed by atoms with Gasteiger partial charge in [-0.1, -0.05) is 100 Å². The first-order valence-electron chi connectivity index (χ1n) is 16.8. The molecule has 3 heteroatoms. The molecule has 0 spiro atoms. The molecule has 7 aromatic rings. The number of benzene rings is 5. The molecule has 1 nitrogen and oxygen atoms in total. The van der Waals surface area contributed by atoms with E-state index in [-0.39, 0.29) is 10.8 Å². The number of rotatable bonds is 5. The molecule has 5 aromatic carbocycles. The third kappa shape index (κ3) is 4.41. The zero-order chi connectivity index (χ0) is 32.8. The van der Waals surface area contributed by atoms with Crippen LogP contribution in [0.25, 0.3) is 42.4 Å². The lowest BCUT2D eigenvalue weighted by molar-refractivity contribution is 0.660. The van der Waals surface area contributed by atoms with Crippen molar-refractivity contribution < 1.29 is 0 Å². The van der Waals surface area contributed by atoms with Crippen LogP contribution < -0.4 is 4.90 Å². The zero-order valence-corrected chi connectivity index (χ0v) is 29.6. The molecule has 234 valence electrons. The van der Waals surface area contributed by atoms with Crippen LogP contribution in [0.1, 0.15) is 54.8 Å². The van der Waals surface area contributed by atoms with E-state index in [0.717, 1.165) is 5.69 Å². The number of aryl methyl sites for hydroxylation is 1. The third-order valence-corrected chi connectivity index (χ3v) is 13.0. The van der Waals surface area contributed by atoms with E-state index in [0.29, 0.717) is 0 Å². The fourth-order valence-corrected chi connectivity index (χ4v) is 10.0. The molecule has 0 N–H and O–H groups in total. The second kappa shape index (κ2) is 10.7. The van der Waals surface area contributed by atoms with Gasteiger partial charge in [0, 0.05) is 47.4 Å². The van der Waals surface area contributed by atoms with Gasteiger partial charge >= 0.3 is 0 Å². The lowest BCUT2D eigenvalue weighted by Gasteiger charge is -2.30. The Hall–Kier alpha value is -4.70. The first-order valence-corrected chi connectivity index (χ1v) is 18.4.